The summed E-state index contributed by atoms with van der Waals surface area (Å²) >= 11 is 0. The number of anilines is 1. The molecule has 3 aromatic heterocycles. The third-order valence-corrected chi connectivity index (χ3v) is 5.26. The second-order valence-corrected chi connectivity index (χ2v) is 6.96. The number of aromatic nitrogens is 5. The molecular formula is C18H22N6O. The Morgan fingerprint density at radius 3 is 2.60 bits per heavy atom. The van der Waals surface area contributed by atoms with Crippen LogP contribution in [0.2, 0.25) is 0 Å². The molecule has 1 aliphatic rings. The lowest BCUT2D eigenvalue weighted by atomic mass is 9.79. The van der Waals surface area contributed by atoms with Gasteiger partial charge in [-0.3, -0.25) is 9.48 Å². The fourth-order valence-corrected chi connectivity index (χ4v) is 3.77. The average molecular weight is 338 g/mol. The lowest BCUT2D eigenvalue weighted by molar-refractivity contribution is -0.121. The molecule has 0 amide bonds. The van der Waals surface area contributed by atoms with Crippen molar-refractivity contribution in [1.82, 2.24) is 24.4 Å². The normalized spacial score (nSPS) is 20.9. The number of nitrogen functional groups attached to an aromatic ring is 1. The molecule has 0 aliphatic heterocycles. The van der Waals surface area contributed by atoms with E-state index in [1.165, 1.54) is 0 Å². The molecule has 4 rings (SSSR count). The summed E-state index contributed by atoms with van der Waals surface area (Å²) in [6, 6.07) is 1.92. The number of rotatable bonds is 3. The van der Waals surface area contributed by atoms with E-state index in [9.17, 15) is 4.79 Å². The Hall–Kier alpha value is -2.70. The van der Waals surface area contributed by atoms with Crippen molar-refractivity contribution in [2.75, 3.05) is 5.73 Å². The monoisotopic (exact) mass is 338 g/mol. The Morgan fingerprint density at radius 1 is 1.20 bits per heavy atom. The molecule has 1 aliphatic carbocycles. The van der Waals surface area contributed by atoms with Gasteiger partial charge in [0.05, 0.1) is 12.4 Å². The standard InChI is InChI=1S/C18H22N6O/c1-11(25)12-3-5-13(6-4-12)16-7-17(19)24-18(22-16)15(9-21-24)14-8-20-23(2)10-14/h7-10,12-13H,3-6,19H2,1-2H3. The number of hydrogen-bond donors (Lipinski definition) is 1. The summed E-state index contributed by atoms with van der Waals surface area (Å²) in [6.45, 7) is 1.69. The van der Waals surface area contributed by atoms with Gasteiger partial charge in [-0.15, -0.1) is 0 Å². The van der Waals surface area contributed by atoms with Crippen molar-refractivity contribution in [2.45, 2.75) is 38.5 Å². The van der Waals surface area contributed by atoms with Gasteiger partial charge in [-0.05, 0) is 32.6 Å². The molecule has 1 fully saturated rings. The molecule has 1 saturated carbocycles. The number of carbonyl (C=O) groups excluding carboxylic acids is 1. The Kier molecular flexibility index (Phi) is 3.78. The van der Waals surface area contributed by atoms with Crippen LogP contribution in [-0.2, 0) is 11.8 Å². The molecule has 3 heterocycles. The highest BCUT2D eigenvalue weighted by atomic mass is 16.1. The summed E-state index contributed by atoms with van der Waals surface area (Å²) in [7, 11) is 1.88. The van der Waals surface area contributed by atoms with Gasteiger partial charge in [0.2, 0.25) is 0 Å². The first-order valence-electron chi connectivity index (χ1n) is 8.66. The number of nitrogens with two attached hydrogens (primary N) is 1. The summed E-state index contributed by atoms with van der Waals surface area (Å²) in [4.78, 5) is 16.5. The highest BCUT2D eigenvalue weighted by molar-refractivity contribution is 5.78. The number of nitrogens with zero attached hydrogens (tertiary/aromatic N) is 5. The number of hydrogen-bond acceptors (Lipinski definition) is 5. The maximum absolute atomic E-state index is 11.6. The Labute approximate surface area is 145 Å². The maximum atomic E-state index is 11.6. The van der Waals surface area contributed by atoms with Crippen LogP contribution in [0, 0.1) is 5.92 Å². The molecule has 2 N–H and O–H groups in total. The molecule has 0 bridgehead atoms. The summed E-state index contributed by atoms with van der Waals surface area (Å²) in [5.41, 5.74) is 9.88. The molecule has 0 spiro atoms. The van der Waals surface area contributed by atoms with Crippen LogP contribution in [0.3, 0.4) is 0 Å². The van der Waals surface area contributed by atoms with E-state index in [2.05, 4.69) is 10.2 Å². The van der Waals surface area contributed by atoms with Gasteiger partial charge in [0, 0.05) is 48.0 Å². The number of fused-ring (bicyclic) bond motifs is 1. The van der Waals surface area contributed by atoms with Crippen LogP contribution in [0.4, 0.5) is 5.82 Å². The van der Waals surface area contributed by atoms with Gasteiger partial charge in [-0.1, -0.05) is 0 Å². The smallest absolute Gasteiger partial charge is 0.165 e. The topological polar surface area (TPSA) is 91.1 Å². The fourth-order valence-electron chi connectivity index (χ4n) is 3.77. The van der Waals surface area contributed by atoms with E-state index in [0.29, 0.717) is 17.5 Å². The van der Waals surface area contributed by atoms with Gasteiger partial charge in [-0.2, -0.15) is 14.7 Å². The Bertz CT molecular complexity index is 932. The minimum Gasteiger partial charge on any atom is -0.384 e. The van der Waals surface area contributed by atoms with Gasteiger partial charge in [0.15, 0.2) is 5.65 Å². The van der Waals surface area contributed by atoms with E-state index >= 15 is 0 Å². The van der Waals surface area contributed by atoms with Crippen molar-refractivity contribution < 1.29 is 4.79 Å². The second kappa shape index (κ2) is 5.98. The predicted octanol–water partition coefficient (Wildman–Crippen LogP) is 2.57. The first-order chi connectivity index (χ1) is 12.0. The van der Waals surface area contributed by atoms with Crippen molar-refractivity contribution in [3.8, 4) is 11.1 Å². The number of carbonyl (C=O) groups is 1. The predicted molar refractivity (Wildman–Crippen MR) is 95.0 cm³/mol. The molecule has 7 heteroatoms. The second-order valence-electron chi connectivity index (χ2n) is 6.96. The van der Waals surface area contributed by atoms with Crippen LogP contribution >= 0.6 is 0 Å². The molecule has 25 heavy (non-hydrogen) atoms. The van der Waals surface area contributed by atoms with Crippen LogP contribution in [0.5, 0.6) is 0 Å². The molecule has 0 aromatic carbocycles. The lowest BCUT2D eigenvalue weighted by Gasteiger charge is -2.26. The number of aryl methyl sites for hydroxylation is 1. The number of Topliss-reactive ketones (excluding diaryl/α,β-unsaturated/α-hetero) is 1. The minimum atomic E-state index is 0.207. The van der Waals surface area contributed by atoms with Crippen molar-refractivity contribution in [3.63, 3.8) is 0 Å². The first kappa shape index (κ1) is 15.8. The van der Waals surface area contributed by atoms with E-state index in [1.54, 1.807) is 28.5 Å². The lowest BCUT2D eigenvalue weighted by Crippen LogP contribution is -2.20. The summed E-state index contributed by atoms with van der Waals surface area (Å²) in [5, 5.41) is 8.60. The van der Waals surface area contributed by atoms with Crippen molar-refractivity contribution in [3.05, 3.63) is 30.4 Å². The largest absolute Gasteiger partial charge is 0.384 e. The van der Waals surface area contributed by atoms with E-state index < -0.39 is 0 Å². The van der Waals surface area contributed by atoms with Crippen LogP contribution in [-0.4, -0.2) is 30.2 Å². The van der Waals surface area contributed by atoms with Crippen molar-refractivity contribution in [2.24, 2.45) is 13.0 Å². The van der Waals surface area contributed by atoms with Crippen LogP contribution in [0.25, 0.3) is 16.8 Å². The summed E-state index contributed by atoms with van der Waals surface area (Å²) in [6.07, 6.45) is 9.35. The highest BCUT2D eigenvalue weighted by Crippen LogP contribution is 2.36. The zero-order valence-corrected chi connectivity index (χ0v) is 14.5. The molecule has 0 atom stereocenters. The number of ketones is 1. The van der Waals surface area contributed by atoms with Gasteiger partial charge in [0.1, 0.15) is 11.6 Å². The van der Waals surface area contributed by atoms with Crippen LogP contribution in [0.15, 0.2) is 24.7 Å². The SMILES string of the molecule is CC(=O)C1CCC(c2cc(N)n3ncc(-c4cnn(C)c4)c3n2)CC1. The molecule has 0 unspecified atom stereocenters. The summed E-state index contributed by atoms with van der Waals surface area (Å²) < 4.78 is 3.43. The fraction of sp³-hybridized carbons (Fsp3) is 0.444. The van der Waals surface area contributed by atoms with Gasteiger partial charge >= 0.3 is 0 Å². The van der Waals surface area contributed by atoms with Crippen LogP contribution < -0.4 is 5.73 Å². The highest BCUT2D eigenvalue weighted by Gasteiger charge is 2.26. The summed E-state index contributed by atoms with van der Waals surface area (Å²) in [5.74, 6) is 1.44. The molecule has 0 radical (unpaired) electrons. The zero-order valence-electron chi connectivity index (χ0n) is 14.5. The quantitative estimate of drug-likeness (QED) is 0.792. The van der Waals surface area contributed by atoms with Crippen molar-refractivity contribution in [1.29, 1.82) is 0 Å². The van der Waals surface area contributed by atoms with Gasteiger partial charge in [-0.25, -0.2) is 4.98 Å². The van der Waals surface area contributed by atoms with Crippen LogP contribution in [0.1, 0.15) is 44.2 Å². The van der Waals surface area contributed by atoms with E-state index in [1.807, 2.05) is 19.3 Å². The maximum Gasteiger partial charge on any atom is 0.165 e. The molecule has 130 valence electrons. The third-order valence-electron chi connectivity index (χ3n) is 5.26. The molecule has 7 nitrogen and oxygen atoms in total. The Morgan fingerprint density at radius 2 is 1.96 bits per heavy atom. The van der Waals surface area contributed by atoms with Gasteiger partial charge < -0.3 is 5.73 Å². The molecular weight excluding hydrogens is 316 g/mol. The third kappa shape index (κ3) is 2.79. The molecule has 0 saturated heterocycles. The average Bonchev–Trinajstić information content (AvgIpc) is 3.21. The van der Waals surface area contributed by atoms with Crippen molar-refractivity contribution >= 4 is 17.2 Å². The molecule has 3 aromatic rings. The van der Waals surface area contributed by atoms with Gasteiger partial charge in [0.25, 0.3) is 0 Å². The van der Waals surface area contributed by atoms with E-state index in [0.717, 1.165) is 48.2 Å². The minimum absolute atomic E-state index is 0.207. The van der Waals surface area contributed by atoms with E-state index in [4.69, 9.17) is 10.7 Å². The first-order valence-corrected chi connectivity index (χ1v) is 8.66. The Balaban J connectivity index is 1.70. The van der Waals surface area contributed by atoms with E-state index in [-0.39, 0.29) is 5.92 Å². The zero-order chi connectivity index (χ0) is 17.6.